The van der Waals surface area contributed by atoms with Gasteiger partial charge in [0.15, 0.2) is 10.3 Å². The Balaban J connectivity index is 0.000000224. The van der Waals surface area contributed by atoms with Crippen molar-refractivity contribution in [3.05, 3.63) is 173 Å². The molecule has 8 aromatic rings. The molecule has 1 amide bonds. The van der Waals surface area contributed by atoms with E-state index in [0.717, 1.165) is 39.4 Å². The topological polar surface area (TPSA) is 214 Å². The molecule has 17 heteroatoms. The maximum Gasteiger partial charge on any atom is 0.347 e. The third-order valence-corrected chi connectivity index (χ3v) is 11.1. The average Bonchev–Trinajstić information content (AvgIpc) is 3.87. The summed E-state index contributed by atoms with van der Waals surface area (Å²) in [6, 6.07) is 32.6. The fraction of sp³-hybridized carbons (Fsp3) is 0.136. The Hall–Kier alpha value is -6.36. The summed E-state index contributed by atoms with van der Waals surface area (Å²) in [5.41, 5.74) is 19.3. The van der Waals surface area contributed by atoms with Gasteiger partial charge in [-0.2, -0.15) is 0 Å². The van der Waals surface area contributed by atoms with E-state index in [2.05, 4.69) is 15.3 Å². The van der Waals surface area contributed by atoms with Crippen LogP contribution in [0.1, 0.15) is 71.5 Å². The third kappa shape index (κ3) is 10.7. The van der Waals surface area contributed by atoms with Gasteiger partial charge in [0, 0.05) is 28.8 Å². The van der Waals surface area contributed by atoms with Gasteiger partial charge in [0.25, 0.3) is 17.0 Å². The molecule has 0 saturated heterocycles. The molecule has 0 aliphatic rings. The van der Waals surface area contributed by atoms with E-state index in [1.165, 1.54) is 12.4 Å². The lowest BCUT2D eigenvalue weighted by molar-refractivity contribution is 0.0701. The van der Waals surface area contributed by atoms with E-state index in [0.29, 0.717) is 47.6 Å². The number of hydrogen-bond donors (Lipinski definition) is 5. The maximum atomic E-state index is 13.4. The molecule has 8 rings (SSSR count). The van der Waals surface area contributed by atoms with E-state index in [1.807, 2.05) is 105 Å². The number of halogens is 2. The standard InChI is InChI=1S/C21H17ClN4O2S.C17H15ClN2O.C4H4N2O2S.2CH4/c1-12(25-19(27)17-11-24-21(23)29-17)16-10-13-6-5-9-15(22)18(13)20(28)26(16)14-7-3-2-4-8-14;1-11(19)15-10-12-6-5-9-14(18)16(12)17(21)20(15)13-7-3-2-4-8-13;5-4-6-1-2(9-4)3(7)8;;/h2-12H,1H3,(H2,23,24)(H,25,27);2-11H,19H2,1H3;1H,(H2,5,6)(H,7,8);2*1H4/t12-;11-;;;/m00.../s1. The first-order valence-electron chi connectivity index (χ1n) is 17.8. The number of aromatic nitrogens is 4. The number of aromatic carboxylic acids is 1. The number of rotatable bonds is 7. The van der Waals surface area contributed by atoms with Crippen molar-refractivity contribution in [1.82, 2.24) is 24.4 Å². The number of nitrogens with one attached hydrogen (secondary N) is 1. The van der Waals surface area contributed by atoms with Crippen molar-refractivity contribution in [3.8, 4) is 11.4 Å². The number of pyridine rings is 2. The summed E-state index contributed by atoms with van der Waals surface area (Å²) in [7, 11) is 0. The van der Waals surface area contributed by atoms with Gasteiger partial charge in [-0.1, -0.05) is 121 Å². The van der Waals surface area contributed by atoms with Crippen LogP contribution in [0.2, 0.25) is 10.0 Å². The molecule has 0 aliphatic heterocycles. The average molecular weight is 900 g/mol. The number of nitrogens with zero attached hydrogens (tertiary/aromatic N) is 4. The Labute approximate surface area is 369 Å². The number of nitrogens with two attached hydrogens (primary N) is 3. The second-order valence-corrected chi connectivity index (χ2v) is 15.9. The number of carbonyl (C=O) groups excluding carboxylic acids is 1. The summed E-state index contributed by atoms with van der Waals surface area (Å²) in [4.78, 5) is 57.0. The van der Waals surface area contributed by atoms with Crippen LogP contribution < -0.4 is 33.6 Å². The Morgan fingerprint density at radius 2 is 1.10 bits per heavy atom. The van der Waals surface area contributed by atoms with Crippen molar-refractivity contribution < 1.29 is 14.7 Å². The SMILES string of the molecule is C.C.C[C@H](N)c1cc2cccc(Cl)c2c(=O)n1-c1ccccc1.C[C@H](NC(=O)c1cnc(N)s1)c1cc2cccc(Cl)c2c(=O)n1-c1ccccc1.Nc1ncc(C(=O)O)s1. The number of carboxylic acid groups (broad SMARTS) is 1. The van der Waals surface area contributed by atoms with E-state index in [-0.39, 0.29) is 47.9 Å². The molecule has 0 spiro atoms. The van der Waals surface area contributed by atoms with Gasteiger partial charge in [-0.15, -0.1) is 0 Å². The minimum atomic E-state index is -0.982. The minimum absolute atomic E-state index is 0. The zero-order valence-electron chi connectivity index (χ0n) is 31.4. The van der Waals surface area contributed by atoms with E-state index in [1.54, 1.807) is 27.3 Å². The van der Waals surface area contributed by atoms with Crippen molar-refractivity contribution in [2.24, 2.45) is 5.73 Å². The number of nitrogen functional groups attached to an aromatic ring is 2. The summed E-state index contributed by atoms with van der Waals surface area (Å²) in [6.07, 6.45) is 2.68. The van der Waals surface area contributed by atoms with Gasteiger partial charge >= 0.3 is 5.97 Å². The van der Waals surface area contributed by atoms with Gasteiger partial charge < -0.3 is 27.6 Å². The van der Waals surface area contributed by atoms with Crippen LogP contribution in [0.3, 0.4) is 0 Å². The quantitative estimate of drug-likeness (QED) is 0.102. The molecule has 2 atom stereocenters. The number of amides is 1. The number of hydrogen-bond acceptors (Lipinski definition) is 11. The van der Waals surface area contributed by atoms with Crippen molar-refractivity contribution in [3.63, 3.8) is 0 Å². The third-order valence-electron chi connectivity index (χ3n) is 8.82. The van der Waals surface area contributed by atoms with E-state index < -0.39 is 12.0 Å². The van der Waals surface area contributed by atoms with Crippen LogP contribution in [0.4, 0.5) is 10.3 Å². The van der Waals surface area contributed by atoms with Crippen LogP contribution in [0, 0.1) is 0 Å². The molecular weight excluding hydrogens is 856 g/mol. The molecule has 61 heavy (non-hydrogen) atoms. The molecule has 13 nitrogen and oxygen atoms in total. The number of fused-ring (bicyclic) bond motifs is 2. The Morgan fingerprint density at radius 1 is 0.672 bits per heavy atom. The molecule has 4 heterocycles. The Kier molecular flexibility index (Phi) is 16.1. The monoisotopic (exact) mass is 898 g/mol. The largest absolute Gasteiger partial charge is 0.477 e. The number of para-hydroxylation sites is 2. The lowest BCUT2D eigenvalue weighted by Crippen LogP contribution is -2.31. The van der Waals surface area contributed by atoms with Crippen molar-refractivity contribution in [1.29, 1.82) is 0 Å². The molecule has 316 valence electrons. The van der Waals surface area contributed by atoms with Crippen LogP contribution in [0.15, 0.2) is 131 Å². The molecule has 0 fully saturated rings. The molecule has 0 saturated carbocycles. The highest BCUT2D eigenvalue weighted by atomic mass is 35.5. The molecule has 0 aliphatic carbocycles. The van der Waals surface area contributed by atoms with Crippen molar-refractivity contribution in [2.75, 3.05) is 11.5 Å². The zero-order valence-corrected chi connectivity index (χ0v) is 34.5. The summed E-state index contributed by atoms with van der Waals surface area (Å²) < 4.78 is 3.22. The minimum Gasteiger partial charge on any atom is -0.477 e. The first kappa shape index (κ1) is 47.3. The number of carboxylic acids is 1. The van der Waals surface area contributed by atoms with Gasteiger partial charge in [0.05, 0.1) is 39.3 Å². The van der Waals surface area contributed by atoms with Gasteiger partial charge in [-0.3, -0.25) is 23.5 Å². The fourth-order valence-corrected chi connectivity index (χ4v) is 7.78. The molecular formula is C44H44Cl2N8O5S2. The molecule has 4 aromatic carbocycles. The second-order valence-electron chi connectivity index (χ2n) is 12.9. The smallest absolute Gasteiger partial charge is 0.347 e. The molecule has 0 radical (unpaired) electrons. The first-order valence-corrected chi connectivity index (χ1v) is 20.2. The number of benzene rings is 4. The Morgan fingerprint density at radius 3 is 1.49 bits per heavy atom. The van der Waals surface area contributed by atoms with Crippen LogP contribution >= 0.6 is 45.9 Å². The number of thiazole rings is 2. The van der Waals surface area contributed by atoms with Crippen LogP contribution in [-0.2, 0) is 0 Å². The van der Waals surface area contributed by atoms with E-state index in [4.69, 9.17) is 45.5 Å². The normalized spacial score (nSPS) is 11.4. The van der Waals surface area contributed by atoms with Gasteiger partial charge in [-0.25, -0.2) is 14.8 Å². The predicted octanol–water partition coefficient (Wildman–Crippen LogP) is 9.53. The van der Waals surface area contributed by atoms with Crippen LogP contribution in [0.25, 0.3) is 32.9 Å². The highest BCUT2D eigenvalue weighted by Gasteiger charge is 2.21. The lowest BCUT2D eigenvalue weighted by atomic mass is 10.1. The number of anilines is 2. The zero-order chi connectivity index (χ0) is 42.4. The van der Waals surface area contributed by atoms with E-state index in [9.17, 15) is 19.2 Å². The lowest BCUT2D eigenvalue weighted by Gasteiger charge is -2.21. The van der Waals surface area contributed by atoms with E-state index >= 15 is 0 Å². The van der Waals surface area contributed by atoms with Crippen molar-refractivity contribution >= 4 is 89.6 Å². The van der Waals surface area contributed by atoms with Gasteiger partial charge in [-0.05, 0) is 73.2 Å². The summed E-state index contributed by atoms with van der Waals surface area (Å²) in [5.74, 6) is -1.28. The summed E-state index contributed by atoms with van der Waals surface area (Å²) in [5, 5.41) is 15.2. The molecule has 4 aromatic heterocycles. The predicted molar refractivity (Wildman–Crippen MR) is 251 cm³/mol. The van der Waals surface area contributed by atoms with Gasteiger partial charge in [0.1, 0.15) is 9.75 Å². The van der Waals surface area contributed by atoms with Crippen molar-refractivity contribution in [2.45, 2.75) is 40.8 Å². The molecule has 0 bridgehead atoms. The highest BCUT2D eigenvalue weighted by Crippen LogP contribution is 2.27. The summed E-state index contributed by atoms with van der Waals surface area (Å²) in [6.45, 7) is 3.69. The first-order chi connectivity index (χ1) is 28.2. The second kappa shape index (κ2) is 20.7. The number of carbonyl (C=O) groups is 2. The molecule has 0 unspecified atom stereocenters. The Bertz CT molecular complexity index is 2920. The molecule has 8 N–H and O–H groups in total. The van der Waals surface area contributed by atoms with Gasteiger partial charge in [0.2, 0.25) is 0 Å². The highest BCUT2D eigenvalue weighted by molar-refractivity contribution is 7.17. The maximum absolute atomic E-state index is 13.4. The fourth-order valence-electron chi connectivity index (χ4n) is 6.14. The van der Waals surface area contributed by atoms with Crippen LogP contribution in [-0.4, -0.2) is 36.1 Å². The van der Waals surface area contributed by atoms with Crippen LogP contribution in [0.5, 0.6) is 0 Å². The summed E-state index contributed by atoms with van der Waals surface area (Å²) >= 11 is 14.6.